The van der Waals surface area contributed by atoms with E-state index in [2.05, 4.69) is 5.32 Å². The molecule has 4 rings (SSSR count). The number of aliphatic hydroxyl groups is 1. The molecular weight excluding hydrogens is 214 g/mol. The Balaban J connectivity index is 1.38. The van der Waals surface area contributed by atoms with Crippen LogP contribution in [-0.4, -0.2) is 23.2 Å². The van der Waals surface area contributed by atoms with Crippen LogP contribution in [0.15, 0.2) is 0 Å². The van der Waals surface area contributed by atoms with Crippen molar-refractivity contribution in [2.45, 2.75) is 50.7 Å². The molecule has 4 aliphatic rings. The fourth-order valence-electron chi connectivity index (χ4n) is 5.04. The van der Waals surface area contributed by atoms with E-state index in [4.69, 9.17) is 0 Å². The quantitative estimate of drug-likeness (QED) is 0.758. The van der Waals surface area contributed by atoms with Gasteiger partial charge in [0.15, 0.2) is 0 Å². The fourth-order valence-corrected chi connectivity index (χ4v) is 5.04. The topological polar surface area (TPSA) is 49.3 Å². The standard InChI is InChI=1S/C14H21NO2/c16-10-3-1-2-9(10)14(17)15-13-11-7-4-5-8(6-7)12(11)13/h7-13,16H,1-6H2,(H,15,17). The highest BCUT2D eigenvalue weighted by Gasteiger charge is 2.65. The van der Waals surface area contributed by atoms with E-state index in [0.29, 0.717) is 6.04 Å². The fraction of sp³-hybridized carbons (Fsp3) is 0.929. The summed E-state index contributed by atoms with van der Waals surface area (Å²) in [6.45, 7) is 0. The molecule has 2 N–H and O–H groups in total. The van der Waals surface area contributed by atoms with Gasteiger partial charge in [-0.3, -0.25) is 4.79 Å². The van der Waals surface area contributed by atoms with E-state index in [-0.39, 0.29) is 17.9 Å². The molecule has 0 spiro atoms. The average molecular weight is 235 g/mol. The first-order valence-corrected chi connectivity index (χ1v) is 7.24. The normalized spacial score (nSPS) is 54.8. The number of carbonyl (C=O) groups excluding carboxylic acids is 1. The maximum atomic E-state index is 12.1. The second-order valence-electron chi connectivity index (χ2n) is 6.63. The van der Waals surface area contributed by atoms with Gasteiger partial charge in [-0.15, -0.1) is 0 Å². The molecule has 0 aromatic heterocycles. The number of carbonyl (C=O) groups is 1. The molecule has 0 saturated heterocycles. The summed E-state index contributed by atoms with van der Waals surface area (Å²) in [5.41, 5.74) is 0. The molecule has 3 heteroatoms. The van der Waals surface area contributed by atoms with Gasteiger partial charge in [0.2, 0.25) is 5.91 Å². The minimum atomic E-state index is -0.384. The van der Waals surface area contributed by atoms with Gasteiger partial charge >= 0.3 is 0 Å². The zero-order valence-electron chi connectivity index (χ0n) is 10.1. The lowest BCUT2D eigenvalue weighted by Crippen LogP contribution is -2.38. The van der Waals surface area contributed by atoms with E-state index in [1.165, 1.54) is 19.3 Å². The van der Waals surface area contributed by atoms with Gasteiger partial charge in [0.05, 0.1) is 12.0 Å². The van der Waals surface area contributed by atoms with Crippen molar-refractivity contribution in [2.24, 2.45) is 29.6 Å². The third kappa shape index (κ3) is 1.41. The van der Waals surface area contributed by atoms with Crippen LogP contribution in [-0.2, 0) is 4.79 Å². The summed E-state index contributed by atoms with van der Waals surface area (Å²) in [6, 6.07) is 0.474. The zero-order valence-corrected chi connectivity index (χ0v) is 10.1. The number of amides is 1. The van der Waals surface area contributed by atoms with Gasteiger partial charge < -0.3 is 10.4 Å². The molecule has 6 atom stereocenters. The molecule has 94 valence electrons. The maximum Gasteiger partial charge on any atom is 0.225 e. The van der Waals surface area contributed by atoms with Crippen LogP contribution in [0.5, 0.6) is 0 Å². The van der Waals surface area contributed by atoms with Crippen molar-refractivity contribution in [3.8, 4) is 0 Å². The second kappa shape index (κ2) is 3.47. The predicted octanol–water partition coefficient (Wildman–Crippen LogP) is 1.31. The molecule has 3 nitrogen and oxygen atoms in total. The molecule has 0 aliphatic heterocycles. The van der Waals surface area contributed by atoms with E-state index in [9.17, 15) is 9.90 Å². The summed E-state index contributed by atoms with van der Waals surface area (Å²) in [4.78, 5) is 12.1. The van der Waals surface area contributed by atoms with Gasteiger partial charge in [0, 0.05) is 6.04 Å². The van der Waals surface area contributed by atoms with E-state index < -0.39 is 0 Å². The van der Waals surface area contributed by atoms with E-state index in [0.717, 1.165) is 42.9 Å². The molecule has 4 aliphatic carbocycles. The Morgan fingerprint density at radius 3 is 2.35 bits per heavy atom. The Morgan fingerprint density at radius 1 is 1.06 bits per heavy atom. The number of rotatable bonds is 2. The molecule has 17 heavy (non-hydrogen) atoms. The Bertz CT molecular complexity index is 340. The maximum absolute atomic E-state index is 12.1. The summed E-state index contributed by atoms with van der Waals surface area (Å²) in [5, 5.41) is 13.0. The first-order valence-electron chi connectivity index (χ1n) is 7.24. The highest BCUT2D eigenvalue weighted by atomic mass is 16.3. The average Bonchev–Trinajstić information content (AvgIpc) is 2.76. The number of nitrogens with one attached hydrogen (secondary N) is 1. The van der Waals surface area contributed by atoms with Crippen LogP contribution >= 0.6 is 0 Å². The van der Waals surface area contributed by atoms with Crippen molar-refractivity contribution in [1.29, 1.82) is 0 Å². The minimum absolute atomic E-state index is 0.117. The molecule has 0 radical (unpaired) electrons. The van der Waals surface area contributed by atoms with Crippen LogP contribution in [0, 0.1) is 29.6 Å². The van der Waals surface area contributed by atoms with Gasteiger partial charge in [-0.05, 0) is 62.2 Å². The van der Waals surface area contributed by atoms with E-state index in [1.807, 2.05) is 0 Å². The molecule has 4 fully saturated rings. The van der Waals surface area contributed by atoms with Gasteiger partial charge in [0.25, 0.3) is 0 Å². The van der Waals surface area contributed by atoms with Crippen LogP contribution in [0.2, 0.25) is 0 Å². The SMILES string of the molecule is O=C(NC1C2C3CCC(C3)C12)C1CCCC1O. The summed E-state index contributed by atoms with van der Waals surface area (Å²) < 4.78 is 0. The molecule has 0 aromatic carbocycles. The van der Waals surface area contributed by atoms with Crippen LogP contribution in [0.3, 0.4) is 0 Å². The highest BCUT2D eigenvalue weighted by Crippen LogP contribution is 2.65. The van der Waals surface area contributed by atoms with Gasteiger partial charge in [-0.1, -0.05) is 0 Å². The monoisotopic (exact) mass is 235 g/mol. The molecule has 4 saturated carbocycles. The summed E-state index contributed by atoms with van der Waals surface area (Å²) in [7, 11) is 0. The number of hydrogen-bond donors (Lipinski definition) is 2. The van der Waals surface area contributed by atoms with Crippen molar-refractivity contribution >= 4 is 5.91 Å². The predicted molar refractivity (Wildman–Crippen MR) is 63.1 cm³/mol. The Hall–Kier alpha value is -0.570. The molecule has 0 heterocycles. The van der Waals surface area contributed by atoms with Crippen molar-refractivity contribution in [2.75, 3.05) is 0 Å². The smallest absolute Gasteiger partial charge is 0.225 e. The first-order chi connectivity index (χ1) is 8.25. The summed E-state index contributed by atoms with van der Waals surface area (Å²) >= 11 is 0. The van der Waals surface area contributed by atoms with Crippen molar-refractivity contribution in [3.05, 3.63) is 0 Å². The minimum Gasteiger partial charge on any atom is -0.392 e. The summed E-state index contributed by atoms with van der Waals surface area (Å²) in [5.74, 6) is 3.43. The Kier molecular flexibility index (Phi) is 2.11. The molecule has 6 unspecified atom stereocenters. The molecule has 0 aromatic rings. The largest absolute Gasteiger partial charge is 0.392 e. The first kappa shape index (κ1) is 10.4. The van der Waals surface area contributed by atoms with Gasteiger partial charge in [0.1, 0.15) is 0 Å². The summed E-state index contributed by atoms with van der Waals surface area (Å²) in [6.07, 6.45) is 6.51. The molecule has 1 amide bonds. The van der Waals surface area contributed by atoms with Crippen LogP contribution in [0.1, 0.15) is 38.5 Å². The zero-order chi connectivity index (χ0) is 11.6. The number of hydrogen-bond acceptors (Lipinski definition) is 2. The third-order valence-corrected chi connectivity index (χ3v) is 5.86. The van der Waals surface area contributed by atoms with Gasteiger partial charge in [-0.2, -0.15) is 0 Å². The van der Waals surface area contributed by atoms with Crippen LogP contribution in [0.4, 0.5) is 0 Å². The molecular formula is C14H21NO2. The lowest BCUT2D eigenvalue weighted by Gasteiger charge is -2.16. The van der Waals surface area contributed by atoms with E-state index in [1.54, 1.807) is 0 Å². The third-order valence-electron chi connectivity index (χ3n) is 5.86. The second-order valence-corrected chi connectivity index (χ2v) is 6.63. The van der Waals surface area contributed by atoms with Crippen molar-refractivity contribution < 1.29 is 9.90 Å². The number of aliphatic hydroxyl groups excluding tert-OH is 1. The van der Waals surface area contributed by atoms with E-state index >= 15 is 0 Å². The molecule has 2 bridgehead atoms. The highest BCUT2D eigenvalue weighted by molar-refractivity contribution is 5.80. The Labute approximate surface area is 102 Å². The van der Waals surface area contributed by atoms with Crippen LogP contribution in [0.25, 0.3) is 0 Å². The van der Waals surface area contributed by atoms with Crippen LogP contribution < -0.4 is 5.32 Å². The lowest BCUT2D eigenvalue weighted by molar-refractivity contribution is -0.127. The van der Waals surface area contributed by atoms with Crippen molar-refractivity contribution in [3.63, 3.8) is 0 Å². The van der Waals surface area contributed by atoms with Crippen molar-refractivity contribution in [1.82, 2.24) is 5.32 Å². The number of fused-ring (bicyclic) bond motifs is 5. The lowest BCUT2D eigenvalue weighted by atomic mass is 10.0. The Morgan fingerprint density at radius 2 is 1.76 bits per heavy atom. The van der Waals surface area contributed by atoms with Gasteiger partial charge in [-0.25, -0.2) is 0 Å².